The van der Waals surface area contributed by atoms with E-state index in [1.165, 1.54) is 40.4 Å². The van der Waals surface area contributed by atoms with Gasteiger partial charge in [-0.3, -0.25) is 0 Å². The summed E-state index contributed by atoms with van der Waals surface area (Å²) in [7, 11) is 0. The second kappa shape index (κ2) is 10.7. The largest absolute Gasteiger partial charge is 0.478 e. The maximum atomic E-state index is 10.7. The lowest BCUT2D eigenvalue weighted by Crippen LogP contribution is -2.06. The summed E-state index contributed by atoms with van der Waals surface area (Å²) in [6.45, 7) is 8.47. The molecule has 0 bridgehead atoms. The van der Waals surface area contributed by atoms with Crippen LogP contribution < -0.4 is 0 Å². The molecular weight excluding hydrogens is 344 g/mol. The number of aliphatic carboxylic acids is 1. The third kappa shape index (κ3) is 6.84. The lowest BCUT2D eigenvalue weighted by Gasteiger charge is -2.25. The van der Waals surface area contributed by atoms with Gasteiger partial charge in [-0.1, -0.05) is 74.1 Å². The van der Waals surface area contributed by atoms with Crippen molar-refractivity contribution in [1.82, 2.24) is 0 Å². The summed E-state index contributed by atoms with van der Waals surface area (Å²) in [6.07, 6.45) is 13.9. The van der Waals surface area contributed by atoms with E-state index in [-0.39, 0.29) is 0 Å². The highest BCUT2D eigenvalue weighted by Crippen LogP contribution is 2.39. The van der Waals surface area contributed by atoms with Crippen LogP contribution in [0.15, 0.2) is 83.0 Å². The number of hydrogen-bond donors (Lipinski definition) is 1. The first kappa shape index (κ1) is 21.7. The Morgan fingerprint density at radius 3 is 2.46 bits per heavy atom. The maximum Gasteiger partial charge on any atom is 0.328 e. The molecule has 0 aromatic heterocycles. The summed E-state index contributed by atoms with van der Waals surface area (Å²) >= 11 is 0. The molecule has 0 amide bonds. The molecule has 0 radical (unpaired) electrons. The molecule has 0 aliphatic heterocycles. The molecule has 28 heavy (non-hydrogen) atoms. The highest BCUT2D eigenvalue weighted by molar-refractivity contribution is 5.81. The predicted octanol–water partition coefficient (Wildman–Crippen LogP) is 7.13. The van der Waals surface area contributed by atoms with Crippen LogP contribution in [0.4, 0.5) is 0 Å². The molecule has 0 saturated carbocycles. The number of benzene rings is 1. The Hall–Kier alpha value is -2.61. The van der Waals surface area contributed by atoms with Gasteiger partial charge in [-0.25, -0.2) is 4.79 Å². The molecule has 0 spiro atoms. The van der Waals surface area contributed by atoms with E-state index in [0.29, 0.717) is 5.92 Å². The molecule has 0 fully saturated rings. The quantitative estimate of drug-likeness (QED) is 0.406. The van der Waals surface area contributed by atoms with Crippen molar-refractivity contribution < 1.29 is 9.90 Å². The Morgan fingerprint density at radius 1 is 1.11 bits per heavy atom. The van der Waals surface area contributed by atoms with E-state index >= 15 is 0 Å². The Morgan fingerprint density at radius 2 is 1.82 bits per heavy atom. The van der Waals surface area contributed by atoms with Crippen molar-refractivity contribution in [3.63, 3.8) is 0 Å². The summed E-state index contributed by atoms with van der Waals surface area (Å²) < 4.78 is 0. The van der Waals surface area contributed by atoms with Crippen molar-refractivity contribution in [2.24, 2.45) is 5.92 Å². The fraction of sp³-hybridized carbons (Fsp3) is 0.346. The standard InChI is InChI=1S/C26H32O2/c1-19(2)16-25-23(14-9-15-24(25)22-12-6-5-7-13-22)17-20(3)10-8-11-21(4)18-26(27)28/h5-8,10-13,17-19H,9,14-16H2,1-4H3,(H,27,28)/b11-8+,20-10-,21-18+,23-17+. The maximum absolute atomic E-state index is 10.7. The molecule has 1 aliphatic rings. The van der Waals surface area contributed by atoms with Crippen molar-refractivity contribution in [1.29, 1.82) is 0 Å². The number of carboxylic acids is 1. The first-order valence-corrected chi connectivity index (χ1v) is 10.1. The normalized spacial score (nSPS) is 17.8. The molecule has 1 aromatic rings. The average Bonchev–Trinajstić information content (AvgIpc) is 2.63. The summed E-state index contributed by atoms with van der Waals surface area (Å²) in [5.74, 6) is -0.299. The molecule has 0 atom stereocenters. The van der Waals surface area contributed by atoms with E-state index < -0.39 is 5.97 Å². The lowest BCUT2D eigenvalue weighted by molar-refractivity contribution is -0.131. The van der Waals surface area contributed by atoms with Crippen LogP contribution in [0.5, 0.6) is 0 Å². The van der Waals surface area contributed by atoms with Gasteiger partial charge in [0.1, 0.15) is 0 Å². The van der Waals surface area contributed by atoms with E-state index in [9.17, 15) is 4.79 Å². The Bertz CT molecular complexity index is 830. The molecule has 1 N–H and O–H groups in total. The predicted molar refractivity (Wildman–Crippen MR) is 119 cm³/mol. The number of allylic oxidation sites excluding steroid dienone is 9. The van der Waals surface area contributed by atoms with E-state index in [1.807, 2.05) is 12.2 Å². The van der Waals surface area contributed by atoms with E-state index in [4.69, 9.17) is 5.11 Å². The van der Waals surface area contributed by atoms with Gasteiger partial charge in [0.2, 0.25) is 0 Å². The third-order valence-corrected chi connectivity index (χ3v) is 4.83. The summed E-state index contributed by atoms with van der Waals surface area (Å²) in [6, 6.07) is 10.8. The second-order valence-corrected chi connectivity index (χ2v) is 7.94. The minimum Gasteiger partial charge on any atom is -0.478 e. The molecule has 1 aromatic carbocycles. The number of carbonyl (C=O) groups is 1. The van der Waals surface area contributed by atoms with Crippen LogP contribution >= 0.6 is 0 Å². The first-order chi connectivity index (χ1) is 13.4. The minimum atomic E-state index is -0.913. The van der Waals surface area contributed by atoms with Crippen LogP contribution in [0.3, 0.4) is 0 Å². The van der Waals surface area contributed by atoms with E-state index in [2.05, 4.69) is 63.3 Å². The summed E-state index contributed by atoms with van der Waals surface area (Å²) in [5, 5.41) is 8.79. The number of carboxylic acid groups (broad SMARTS) is 1. The van der Waals surface area contributed by atoms with Crippen molar-refractivity contribution in [3.05, 3.63) is 88.6 Å². The van der Waals surface area contributed by atoms with Crippen LogP contribution in [0, 0.1) is 5.92 Å². The van der Waals surface area contributed by atoms with Crippen molar-refractivity contribution in [2.45, 2.75) is 53.4 Å². The minimum absolute atomic E-state index is 0.614. The van der Waals surface area contributed by atoms with Crippen LogP contribution in [-0.4, -0.2) is 11.1 Å². The SMILES string of the molecule is CC(=C/C=C/C(C)=C/C(=O)O)/C=C1\CCCC(c2ccccc2)=C1CC(C)C. The van der Waals surface area contributed by atoms with Crippen LogP contribution in [0.25, 0.3) is 5.57 Å². The van der Waals surface area contributed by atoms with Gasteiger partial charge in [0.25, 0.3) is 0 Å². The molecule has 2 nitrogen and oxygen atoms in total. The third-order valence-electron chi connectivity index (χ3n) is 4.83. The van der Waals surface area contributed by atoms with Crippen LogP contribution in [0.1, 0.15) is 58.9 Å². The zero-order valence-corrected chi connectivity index (χ0v) is 17.5. The Kier molecular flexibility index (Phi) is 8.25. The number of rotatable bonds is 7. The van der Waals surface area contributed by atoms with Crippen LogP contribution in [-0.2, 0) is 4.79 Å². The van der Waals surface area contributed by atoms with Crippen molar-refractivity contribution >= 4 is 11.5 Å². The number of hydrogen-bond acceptors (Lipinski definition) is 1. The first-order valence-electron chi connectivity index (χ1n) is 10.1. The van der Waals surface area contributed by atoms with Gasteiger partial charge in [-0.2, -0.15) is 0 Å². The van der Waals surface area contributed by atoms with Gasteiger partial charge in [0.15, 0.2) is 0 Å². The van der Waals surface area contributed by atoms with Crippen molar-refractivity contribution in [2.75, 3.05) is 0 Å². The average molecular weight is 377 g/mol. The lowest BCUT2D eigenvalue weighted by atomic mass is 9.80. The smallest absolute Gasteiger partial charge is 0.328 e. The molecular formula is C26H32O2. The zero-order chi connectivity index (χ0) is 20.5. The van der Waals surface area contributed by atoms with Gasteiger partial charge in [-0.15, -0.1) is 0 Å². The molecule has 0 unspecified atom stereocenters. The fourth-order valence-corrected chi connectivity index (χ4v) is 3.65. The molecule has 0 heterocycles. The highest BCUT2D eigenvalue weighted by atomic mass is 16.4. The zero-order valence-electron chi connectivity index (χ0n) is 17.5. The summed E-state index contributed by atoms with van der Waals surface area (Å²) in [4.78, 5) is 10.7. The highest BCUT2D eigenvalue weighted by Gasteiger charge is 2.19. The topological polar surface area (TPSA) is 37.3 Å². The fourth-order valence-electron chi connectivity index (χ4n) is 3.65. The van der Waals surface area contributed by atoms with Gasteiger partial charge in [-0.05, 0) is 73.3 Å². The second-order valence-electron chi connectivity index (χ2n) is 7.94. The van der Waals surface area contributed by atoms with Crippen LogP contribution in [0.2, 0.25) is 0 Å². The van der Waals surface area contributed by atoms with E-state index in [1.54, 1.807) is 6.92 Å². The molecule has 1 aliphatic carbocycles. The molecule has 0 saturated heterocycles. The van der Waals surface area contributed by atoms with Gasteiger partial charge >= 0.3 is 5.97 Å². The molecule has 2 rings (SSSR count). The Labute approximate surface area is 169 Å². The summed E-state index contributed by atoms with van der Waals surface area (Å²) in [5.41, 5.74) is 7.71. The van der Waals surface area contributed by atoms with E-state index in [0.717, 1.165) is 24.8 Å². The van der Waals surface area contributed by atoms with Gasteiger partial charge < -0.3 is 5.11 Å². The monoisotopic (exact) mass is 376 g/mol. The van der Waals surface area contributed by atoms with Crippen molar-refractivity contribution in [3.8, 4) is 0 Å². The molecule has 2 heteroatoms. The van der Waals surface area contributed by atoms with Gasteiger partial charge in [0.05, 0.1) is 0 Å². The van der Waals surface area contributed by atoms with Gasteiger partial charge in [0, 0.05) is 6.08 Å². The Balaban J connectivity index is 2.34. The molecule has 148 valence electrons.